The zero-order valence-electron chi connectivity index (χ0n) is 11.4. The first-order valence-electron chi connectivity index (χ1n) is 6.57. The average molecular weight is 308 g/mol. The lowest BCUT2D eigenvalue weighted by Gasteiger charge is -2.10. The van der Waals surface area contributed by atoms with Crippen LogP contribution in [0.3, 0.4) is 0 Å². The fourth-order valence-electron chi connectivity index (χ4n) is 1.69. The van der Waals surface area contributed by atoms with Crippen molar-refractivity contribution in [3.63, 3.8) is 0 Å². The number of hydrogen-bond donors (Lipinski definition) is 2. The molecule has 106 valence electrons. The first-order chi connectivity index (χ1) is 9.78. The zero-order valence-corrected chi connectivity index (χ0v) is 13.0. The Kier molecular flexibility index (Phi) is 5.89. The van der Waals surface area contributed by atoms with Crippen LogP contribution in [0.15, 0.2) is 46.8 Å². The molecule has 1 aromatic heterocycles. The van der Waals surface area contributed by atoms with E-state index in [1.165, 1.54) is 4.88 Å². The number of nitrogens with zero attached hydrogens (tertiary/aromatic N) is 1. The summed E-state index contributed by atoms with van der Waals surface area (Å²) in [5.41, 5.74) is 1.14. The summed E-state index contributed by atoms with van der Waals surface area (Å²) >= 11 is 7.61. The molecule has 0 saturated carbocycles. The third-order valence-electron chi connectivity index (χ3n) is 2.69. The van der Waals surface area contributed by atoms with Crippen molar-refractivity contribution in [3.05, 3.63) is 57.2 Å². The fourth-order valence-corrected chi connectivity index (χ4v) is 2.46. The highest BCUT2D eigenvalue weighted by molar-refractivity contribution is 7.09. The van der Waals surface area contributed by atoms with Crippen LogP contribution < -0.4 is 10.6 Å². The number of guanidine groups is 1. The van der Waals surface area contributed by atoms with E-state index in [0.717, 1.165) is 29.6 Å². The summed E-state index contributed by atoms with van der Waals surface area (Å²) in [6.07, 6.45) is 0. The molecule has 0 amide bonds. The maximum Gasteiger partial charge on any atom is 0.191 e. The normalized spacial score (nSPS) is 11.4. The van der Waals surface area contributed by atoms with E-state index in [4.69, 9.17) is 11.6 Å². The smallest absolute Gasteiger partial charge is 0.191 e. The monoisotopic (exact) mass is 307 g/mol. The first-order valence-corrected chi connectivity index (χ1v) is 7.82. The SMILES string of the molecule is CCNC(=NCc1ccc(Cl)cc1)NCc1cccs1. The minimum absolute atomic E-state index is 0.636. The molecule has 0 aliphatic carbocycles. The highest BCUT2D eigenvalue weighted by atomic mass is 35.5. The summed E-state index contributed by atoms with van der Waals surface area (Å²) in [6.45, 7) is 4.34. The van der Waals surface area contributed by atoms with Crippen LogP contribution in [0, 0.1) is 0 Å². The third-order valence-corrected chi connectivity index (χ3v) is 3.82. The Morgan fingerprint density at radius 1 is 1.20 bits per heavy atom. The van der Waals surface area contributed by atoms with Gasteiger partial charge in [-0.2, -0.15) is 0 Å². The van der Waals surface area contributed by atoms with E-state index in [9.17, 15) is 0 Å². The molecule has 2 aromatic rings. The number of hydrogen-bond acceptors (Lipinski definition) is 2. The Balaban J connectivity index is 1.92. The topological polar surface area (TPSA) is 36.4 Å². The number of thiophene rings is 1. The van der Waals surface area contributed by atoms with Gasteiger partial charge in [-0.3, -0.25) is 0 Å². The van der Waals surface area contributed by atoms with Gasteiger partial charge in [-0.25, -0.2) is 4.99 Å². The Labute approximate surface area is 128 Å². The van der Waals surface area contributed by atoms with Gasteiger partial charge in [0.1, 0.15) is 0 Å². The maximum absolute atomic E-state index is 5.87. The van der Waals surface area contributed by atoms with E-state index >= 15 is 0 Å². The summed E-state index contributed by atoms with van der Waals surface area (Å²) in [6, 6.07) is 11.9. The minimum Gasteiger partial charge on any atom is -0.357 e. The first kappa shape index (κ1) is 14.9. The minimum atomic E-state index is 0.636. The van der Waals surface area contributed by atoms with E-state index in [1.54, 1.807) is 11.3 Å². The molecule has 0 spiro atoms. The van der Waals surface area contributed by atoms with Gasteiger partial charge in [0.2, 0.25) is 0 Å². The molecule has 0 radical (unpaired) electrons. The van der Waals surface area contributed by atoms with Gasteiger partial charge < -0.3 is 10.6 Å². The van der Waals surface area contributed by atoms with Crippen molar-refractivity contribution in [2.75, 3.05) is 6.54 Å². The second-order valence-electron chi connectivity index (χ2n) is 4.25. The molecule has 5 heteroatoms. The molecule has 0 unspecified atom stereocenters. The lowest BCUT2D eigenvalue weighted by Crippen LogP contribution is -2.36. The van der Waals surface area contributed by atoms with Gasteiger partial charge in [0.15, 0.2) is 5.96 Å². The standard InChI is InChI=1S/C15H18ClN3S/c1-2-17-15(19-11-14-4-3-9-20-14)18-10-12-5-7-13(16)8-6-12/h3-9H,2,10-11H2,1H3,(H2,17,18,19). The Hall–Kier alpha value is -1.52. The molecule has 0 saturated heterocycles. The molecule has 0 bridgehead atoms. The van der Waals surface area contributed by atoms with Gasteiger partial charge in [-0.05, 0) is 36.1 Å². The Morgan fingerprint density at radius 2 is 2.00 bits per heavy atom. The van der Waals surface area contributed by atoms with Crippen molar-refractivity contribution in [2.24, 2.45) is 4.99 Å². The van der Waals surface area contributed by atoms with Gasteiger partial charge in [-0.1, -0.05) is 29.8 Å². The summed E-state index contributed by atoms with van der Waals surface area (Å²) in [5.74, 6) is 0.829. The van der Waals surface area contributed by atoms with Crippen LogP contribution in [0.25, 0.3) is 0 Å². The van der Waals surface area contributed by atoms with Crippen molar-refractivity contribution < 1.29 is 0 Å². The largest absolute Gasteiger partial charge is 0.357 e. The number of aliphatic imine (C=N–C) groups is 1. The number of benzene rings is 1. The zero-order chi connectivity index (χ0) is 14.2. The molecular formula is C15H18ClN3S. The molecule has 0 fully saturated rings. The highest BCUT2D eigenvalue weighted by Crippen LogP contribution is 2.10. The lowest BCUT2D eigenvalue weighted by atomic mass is 10.2. The van der Waals surface area contributed by atoms with E-state index in [2.05, 4.69) is 40.1 Å². The Bertz CT molecular complexity index is 535. The van der Waals surface area contributed by atoms with E-state index in [1.807, 2.05) is 24.3 Å². The highest BCUT2D eigenvalue weighted by Gasteiger charge is 1.99. The number of rotatable bonds is 5. The molecule has 2 N–H and O–H groups in total. The van der Waals surface area contributed by atoms with Crippen molar-refractivity contribution in [2.45, 2.75) is 20.0 Å². The van der Waals surface area contributed by atoms with Crippen LogP contribution in [-0.2, 0) is 13.1 Å². The van der Waals surface area contributed by atoms with Crippen LogP contribution in [-0.4, -0.2) is 12.5 Å². The second-order valence-corrected chi connectivity index (χ2v) is 5.72. The third kappa shape index (κ3) is 4.87. The Morgan fingerprint density at radius 3 is 2.65 bits per heavy atom. The maximum atomic E-state index is 5.87. The van der Waals surface area contributed by atoms with Crippen LogP contribution in [0.4, 0.5) is 0 Å². The molecule has 3 nitrogen and oxygen atoms in total. The van der Waals surface area contributed by atoms with Gasteiger partial charge in [0, 0.05) is 16.4 Å². The summed E-state index contributed by atoms with van der Waals surface area (Å²) < 4.78 is 0. The van der Waals surface area contributed by atoms with Crippen molar-refractivity contribution in [1.29, 1.82) is 0 Å². The fraction of sp³-hybridized carbons (Fsp3) is 0.267. The molecule has 0 atom stereocenters. The predicted molar refractivity (Wildman–Crippen MR) is 87.4 cm³/mol. The van der Waals surface area contributed by atoms with Crippen LogP contribution in [0.1, 0.15) is 17.4 Å². The predicted octanol–water partition coefficient (Wildman–Crippen LogP) is 3.66. The molecule has 1 heterocycles. The summed E-state index contributed by atoms with van der Waals surface area (Å²) in [5, 5.41) is 9.40. The molecule has 20 heavy (non-hydrogen) atoms. The van der Waals surface area contributed by atoms with Crippen molar-refractivity contribution in [1.82, 2.24) is 10.6 Å². The van der Waals surface area contributed by atoms with Crippen molar-refractivity contribution in [3.8, 4) is 0 Å². The quantitative estimate of drug-likeness (QED) is 0.653. The second kappa shape index (κ2) is 7.92. The van der Waals surface area contributed by atoms with Crippen molar-refractivity contribution >= 4 is 28.9 Å². The van der Waals surface area contributed by atoms with E-state index in [0.29, 0.717) is 6.54 Å². The van der Waals surface area contributed by atoms with Gasteiger partial charge in [0.25, 0.3) is 0 Å². The molecular weight excluding hydrogens is 290 g/mol. The summed E-state index contributed by atoms with van der Waals surface area (Å²) in [7, 11) is 0. The van der Waals surface area contributed by atoms with Crippen LogP contribution >= 0.6 is 22.9 Å². The number of nitrogens with one attached hydrogen (secondary N) is 2. The van der Waals surface area contributed by atoms with Crippen LogP contribution in [0.5, 0.6) is 0 Å². The van der Waals surface area contributed by atoms with E-state index in [-0.39, 0.29) is 0 Å². The van der Waals surface area contributed by atoms with Gasteiger partial charge in [0.05, 0.1) is 13.1 Å². The van der Waals surface area contributed by atoms with E-state index < -0.39 is 0 Å². The van der Waals surface area contributed by atoms with Crippen LogP contribution in [0.2, 0.25) is 5.02 Å². The lowest BCUT2D eigenvalue weighted by molar-refractivity contribution is 0.823. The molecule has 0 aliphatic rings. The molecule has 1 aromatic carbocycles. The number of halogens is 1. The molecule has 0 aliphatic heterocycles. The average Bonchev–Trinajstić information content (AvgIpc) is 2.97. The van der Waals surface area contributed by atoms with Gasteiger partial charge in [-0.15, -0.1) is 11.3 Å². The summed E-state index contributed by atoms with van der Waals surface area (Å²) in [4.78, 5) is 5.86. The molecule has 2 rings (SSSR count). The van der Waals surface area contributed by atoms with Gasteiger partial charge >= 0.3 is 0 Å².